The van der Waals surface area contributed by atoms with Gasteiger partial charge in [0.2, 0.25) is 5.91 Å². The van der Waals surface area contributed by atoms with Crippen molar-refractivity contribution in [2.75, 3.05) is 11.9 Å². The minimum absolute atomic E-state index is 0.111. The first-order chi connectivity index (χ1) is 14.6. The third-order valence-electron chi connectivity index (χ3n) is 5.25. The normalized spacial score (nSPS) is 12.1. The molecule has 1 aromatic heterocycles. The SMILES string of the molecule is Cc1ccc(NC(=O)C(NCCc2c[nH]c3ccccc23)c2ccccc2)cc1Cl. The Bertz CT molecular complexity index is 1150. The Balaban J connectivity index is 1.48. The van der Waals surface area contributed by atoms with Crippen LogP contribution in [0.4, 0.5) is 5.69 Å². The maximum absolute atomic E-state index is 13.1. The Kier molecular flexibility index (Phi) is 6.17. The number of amides is 1. The van der Waals surface area contributed by atoms with E-state index in [-0.39, 0.29) is 5.91 Å². The monoisotopic (exact) mass is 417 g/mol. The highest BCUT2D eigenvalue weighted by molar-refractivity contribution is 6.31. The summed E-state index contributed by atoms with van der Waals surface area (Å²) in [5.74, 6) is -0.111. The molecule has 1 atom stereocenters. The molecule has 30 heavy (non-hydrogen) atoms. The van der Waals surface area contributed by atoms with Gasteiger partial charge in [-0.15, -0.1) is 0 Å². The number of carbonyl (C=O) groups is 1. The molecular weight excluding hydrogens is 394 g/mol. The molecule has 0 fully saturated rings. The lowest BCUT2D eigenvalue weighted by Crippen LogP contribution is -2.34. The van der Waals surface area contributed by atoms with E-state index < -0.39 is 6.04 Å². The van der Waals surface area contributed by atoms with Gasteiger partial charge < -0.3 is 15.6 Å². The summed E-state index contributed by atoms with van der Waals surface area (Å²) in [6.07, 6.45) is 2.86. The van der Waals surface area contributed by atoms with Gasteiger partial charge in [-0.1, -0.05) is 66.2 Å². The van der Waals surface area contributed by atoms with Crippen LogP contribution in [-0.4, -0.2) is 17.4 Å². The number of aryl methyl sites for hydroxylation is 1. The summed E-state index contributed by atoms with van der Waals surface area (Å²) >= 11 is 6.21. The van der Waals surface area contributed by atoms with Gasteiger partial charge in [0.25, 0.3) is 0 Å². The number of anilines is 1. The first kappa shape index (κ1) is 20.2. The van der Waals surface area contributed by atoms with E-state index >= 15 is 0 Å². The van der Waals surface area contributed by atoms with Gasteiger partial charge in [-0.05, 0) is 48.2 Å². The van der Waals surface area contributed by atoms with Crippen molar-refractivity contribution in [1.29, 1.82) is 0 Å². The average Bonchev–Trinajstić information content (AvgIpc) is 3.17. The zero-order chi connectivity index (χ0) is 20.9. The molecule has 3 aromatic carbocycles. The number of hydrogen-bond acceptors (Lipinski definition) is 2. The van der Waals surface area contributed by atoms with Crippen LogP contribution in [0.3, 0.4) is 0 Å². The highest BCUT2D eigenvalue weighted by atomic mass is 35.5. The van der Waals surface area contributed by atoms with Gasteiger partial charge in [0, 0.05) is 34.4 Å². The molecule has 4 rings (SSSR count). The minimum atomic E-state index is -0.462. The molecule has 0 radical (unpaired) electrons. The Morgan fingerprint density at radius 2 is 1.80 bits per heavy atom. The molecule has 0 bridgehead atoms. The number of nitrogens with one attached hydrogen (secondary N) is 3. The van der Waals surface area contributed by atoms with Crippen molar-refractivity contribution in [3.05, 3.63) is 101 Å². The number of halogens is 1. The van der Waals surface area contributed by atoms with Gasteiger partial charge in [-0.25, -0.2) is 0 Å². The maximum atomic E-state index is 13.1. The van der Waals surface area contributed by atoms with Crippen LogP contribution in [0.5, 0.6) is 0 Å². The Labute approximate surface area is 181 Å². The van der Waals surface area contributed by atoms with Crippen LogP contribution in [0, 0.1) is 6.92 Å². The third kappa shape index (κ3) is 4.56. The summed E-state index contributed by atoms with van der Waals surface area (Å²) in [4.78, 5) is 16.4. The van der Waals surface area contributed by atoms with E-state index in [0.717, 1.165) is 23.1 Å². The van der Waals surface area contributed by atoms with Crippen molar-refractivity contribution in [3.63, 3.8) is 0 Å². The van der Waals surface area contributed by atoms with Crippen LogP contribution in [0.15, 0.2) is 79.0 Å². The van der Waals surface area contributed by atoms with Crippen molar-refractivity contribution in [3.8, 4) is 0 Å². The first-order valence-electron chi connectivity index (χ1n) is 10.0. The topological polar surface area (TPSA) is 56.9 Å². The number of carbonyl (C=O) groups excluding carboxylic acids is 1. The lowest BCUT2D eigenvalue weighted by Gasteiger charge is -2.19. The second kappa shape index (κ2) is 9.16. The number of rotatable bonds is 7. The van der Waals surface area contributed by atoms with Crippen molar-refractivity contribution in [2.24, 2.45) is 0 Å². The molecule has 1 amide bonds. The van der Waals surface area contributed by atoms with Crippen LogP contribution in [0.1, 0.15) is 22.7 Å². The fourth-order valence-corrected chi connectivity index (χ4v) is 3.76. The summed E-state index contributed by atoms with van der Waals surface area (Å²) in [6, 6.07) is 23.1. The summed E-state index contributed by atoms with van der Waals surface area (Å²) in [7, 11) is 0. The molecule has 1 unspecified atom stereocenters. The molecule has 0 saturated heterocycles. The predicted molar refractivity (Wildman–Crippen MR) is 124 cm³/mol. The van der Waals surface area contributed by atoms with E-state index in [0.29, 0.717) is 17.3 Å². The number of H-pyrrole nitrogens is 1. The Morgan fingerprint density at radius 3 is 2.60 bits per heavy atom. The smallest absolute Gasteiger partial charge is 0.246 e. The van der Waals surface area contributed by atoms with E-state index in [4.69, 9.17) is 11.6 Å². The molecule has 1 heterocycles. The summed E-state index contributed by atoms with van der Waals surface area (Å²) in [5, 5.41) is 8.27. The summed E-state index contributed by atoms with van der Waals surface area (Å²) in [5.41, 5.74) is 4.95. The number of aromatic nitrogens is 1. The molecule has 0 spiro atoms. The second-order valence-electron chi connectivity index (χ2n) is 7.36. The molecule has 152 valence electrons. The van der Waals surface area contributed by atoms with Gasteiger partial charge in [0.1, 0.15) is 6.04 Å². The van der Waals surface area contributed by atoms with E-state index in [9.17, 15) is 4.79 Å². The maximum Gasteiger partial charge on any atom is 0.246 e. The van der Waals surface area contributed by atoms with Gasteiger partial charge in [-0.3, -0.25) is 4.79 Å². The molecule has 0 saturated carbocycles. The number of fused-ring (bicyclic) bond motifs is 1. The first-order valence-corrected chi connectivity index (χ1v) is 10.4. The van der Waals surface area contributed by atoms with Crippen LogP contribution in [-0.2, 0) is 11.2 Å². The predicted octanol–water partition coefficient (Wildman–Crippen LogP) is 5.64. The van der Waals surface area contributed by atoms with E-state index in [2.05, 4.69) is 27.8 Å². The lowest BCUT2D eigenvalue weighted by atomic mass is 10.0. The zero-order valence-corrected chi connectivity index (χ0v) is 17.5. The summed E-state index contributed by atoms with van der Waals surface area (Å²) < 4.78 is 0. The Hall–Kier alpha value is -3.08. The largest absolute Gasteiger partial charge is 0.361 e. The fourth-order valence-electron chi connectivity index (χ4n) is 3.58. The molecule has 0 aliphatic rings. The van der Waals surface area contributed by atoms with E-state index in [1.54, 1.807) is 6.07 Å². The van der Waals surface area contributed by atoms with Crippen molar-refractivity contribution in [2.45, 2.75) is 19.4 Å². The summed E-state index contributed by atoms with van der Waals surface area (Å²) in [6.45, 7) is 2.61. The number of benzene rings is 3. The quantitative estimate of drug-likeness (QED) is 0.364. The van der Waals surface area contributed by atoms with Crippen LogP contribution in [0.25, 0.3) is 10.9 Å². The number of hydrogen-bond donors (Lipinski definition) is 3. The average molecular weight is 418 g/mol. The van der Waals surface area contributed by atoms with E-state index in [1.165, 1.54) is 10.9 Å². The van der Waals surface area contributed by atoms with Crippen LogP contribution in [0.2, 0.25) is 5.02 Å². The van der Waals surface area contributed by atoms with Crippen molar-refractivity contribution in [1.82, 2.24) is 10.3 Å². The Morgan fingerprint density at radius 1 is 1.03 bits per heavy atom. The second-order valence-corrected chi connectivity index (χ2v) is 7.77. The van der Waals surface area contributed by atoms with Gasteiger partial charge >= 0.3 is 0 Å². The zero-order valence-electron chi connectivity index (χ0n) is 16.8. The lowest BCUT2D eigenvalue weighted by molar-refractivity contribution is -0.118. The van der Waals surface area contributed by atoms with Gasteiger partial charge in [0.15, 0.2) is 0 Å². The van der Waals surface area contributed by atoms with Crippen LogP contribution >= 0.6 is 11.6 Å². The van der Waals surface area contributed by atoms with Crippen molar-refractivity contribution >= 4 is 34.1 Å². The highest BCUT2D eigenvalue weighted by Gasteiger charge is 2.20. The van der Waals surface area contributed by atoms with Gasteiger partial charge in [-0.2, -0.15) is 0 Å². The van der Waals surface area contributed by atoms with Crippen LogP contribution < -0.4 is 10.6 Å². The molecular formula is C25H24ClN3O. The molecule has 0 aliphatic heterocycles. The number of para-hydroxylation sites is 1. The van der Waals surface area contributed by atoms with E-state index in [1.807, 2.05) is 67.7 Å². The van der Waals surface area contributed by atoms with Crippen molar-refractivity contribution < 1.29 is 4.79 Å². The molecule has 0 aliphatic carbocycles. The standard InChI is InChI=1S/C25H24ClN3O/c1-17-11-12-20(15-22(17)26)29-25(30)24(18-7-3-2-4-8-18)27-14-13-19-16-28-23-10-6-5-9-21(19)23/h2-12,15-16,24,27-28H,13-14H2,1H3,(H,29,30). The molecule has 4 nitrogen and oxygen atoms in total. The minimum Gasteiger partial charge on any atom is -0.361 e. The third-order valence-corrected chi connectivity index (χ3v) is 5.66. The highest BCUT2D eigenvalue weighted by Crippen LogP contribution is 2.22. The molecule has 3 N–H and O–H groups in total. The molecule has 4 aromatic rings. The molecule has 5 heteroatoms. The fraction of sp³-hybridized carbons (Fsp3) is 0.160. The van der Waals surface area contributed by atoms with Gasteiger partial charge in [0.05, 0.1) is 0 Å². The number of aromatic amines is 1.